The molecule has 0 fully saturated rings. The summed E-state index contributed by atoms with van der Waals surface area (Å²) in [6.45, 7) is 0. The molecule has 156 valence electrons. The van der Waals surface area contributed by atoms with Crippen molar-refractivity contribution in [2.75, 3.05) is 28.2 Å². The Bertz CT molecular complexity index is 1120. The Morgan fingerprint density at radius 2 is 1.63 bits per heavy atom. The number of benzene rings is 2. The number of amides is 2. The fourth-order valence-electron chi connectivity index (χ4n) is 2.99. The summed E-state index contributed by atoms with van der Waals surface area (Å²) in [6, 6.07) is 11.8. The molecule has 1 heterocycles. The maximum Gasteiger partial charge on any atom is 0.414 e. The third-order valence-electron chi connectivity index (χ3n) is 4.57. The van der Waals surface area contributed by atoms with Gasteiger partial charge in [0.05, 0.1) is 16.5 Å². The van der Waals surface area contributed by atoms with Gasteiger partial charge in [0.1, 0.15) is 11.4 Å². The van der Waals surface area contributed by atoms with Crippen LogP contribution in [-0.2, 0) is 5.88 Å². The van der Waals surface area contributed by atoms with Crippen molar-refractivity contribution >= 4 is 40.3 Å². The van der Waals surface area contributed by atoms with E-state index >= 15 is 0 Å². The molecule has 0 atom stereocenters. The molecule has 2 amide bonds. The second-order valence-electron chi connectivity index (χ2n) is 7.18. The number of nitrogens with one attached hydrogen (secondary N) is 1. The summed E-state index contributed by atoms with van der Waals surface area (Å²) < 4.78 is 5.48. The van der Waals surface area contributed by atoms with Crippen LogP contribution in [0.15, 0.2) is 42.5 Å². The van der Waals surface area contributed by atoms with Crippen LogP contribution in [0.4, 0.5) is 4.79 Å². The maximum absolute atomic E-state index is 13.5. The lowest BCUT2D eigenvalue weighted by atomic mass is 9.98. The van der Waals surface area contributed by atoms with Crippen LogP contribution in [-0.4, -0.2) is 60.8 Å². The number of ketones is 1. The average Bonchev–Trinajstić information content (AvgIpc) is 3.13. The fourth-order valence-corrected chi connectivity index (χ4v) is 3.16. The number of rotatable bonds is 5. The minimum atomic E-state index is -0.589. The molecule has 1 aromatic heterocycles. The summed E-state index contributed by atoms with van der Waals surface area (Å²) in [5, 5.41) is 0.379. The van der Waals surface area contributed by atoms with Crippen LogP contribution >= 0.6 is 11.6 Å². The van der Waals surface area contributed by atoms with Crippen LogP contribution in [0.5, 0.6) is 5.75 Å². The highest BCUT2D eigenvalue weighted by molar-refractivity contribution is 6.23. The van der Waals surface area contributed by atoms with Crippen LogP contribution in [0, 0.1) is 0 Å². The molecule has 8 heteroatoms. The van der Waals surface area contributed by atoms with Gasteiger partial charge in [0.15, 0.2) is 5.78 Å². The van der Waals surface area contributed by atoms with Crippen LogP contribution in [0.3, 0.4) is 0 Å². The Kier molecular flexibility index (Phi) is 6.12. The zero-order chi connectivity index (χ0) is 22.0. The number of halogens is 1. The van der Waals surface area contributed by atoms with Crippen LogP contribution in [0.25, 0.3) is 10.9 Å². The van der Waals surface area contributed by atoms with Gasteiger partial charge >= 0.3 is 6.09 Å². The lowest BCUT2D eigenvalue weighted by molar-refractivity contribution is 0.0817. The summed E-state index contributed by atoms with van der Waals surface area (Å²) in [6.07, 6.45) is -0.589. The normalized spacial score (nSPS) is 10.7. The standard InChI is InChI=1S/C22H22ClN3O4/c1-25(2)21(28)19-18(20(27)14-10-8-13(12-23)9-11-14)17-15(24-19)6-5-7-16(17)30-22(29)26(3)4/h5-11,24H,12H2,1-4H3. The number of H-pyrrole nitrogens is 1. The fraction of sp³-hybridized carbons (Fsp3) is 0.227. The van der Waals surface area contributed by atoms with Crippen LogP contribution < -0.4 is 4.74 Å². The van der Waals surface area contributed by atoms with Crippen LogP contribution in [0.1, 0.15) is 32.0 Å². The summed E-state index contributed by atoms with van der Waals surface area (Å²) in [5.41, 5.74) is 2.08. The zero-order valence-corrected chi connectivity index (χ0v) is 17.9. The number of carbonyl (C=O) groups excluding carboxylic acids is 3. The Morgan fingerprint density at radius 1 is 0.967 bits per heavy atom. The molecule has 7 nitrogen and oxygen atoms in total. The quantitative estimate of drug-likeness (QED) is 0.494. The number of nitrogens with zero attached hydrogens (tertiary/aromatic N) is 2. The molecule has 0 aliphatic heterocycles. The second-order valence-corrected chi connectivity index (χ2v) is 7.44. The van der Waals surface area contributed by atoms with E-state index in [1.54, 1.807) is 70.7 Å². The SMILES string of the molecule is CN(C)C(=O)Oc1cccc2[nH]c(C(=O)N(C)C)c(C(=O)c3ccc(CCl)cc3)c12. The predicted octanol–water partition coefficient (Wildman–Crippen LogP) is 3.90. The van der Waals surface area contributed by atoms with Gasteiger partial charge in [-0.2, -0.15) is 0 Å². The van der Waals surface area contributed by atoms with E-state index in [1.165, 1.54) is 9.80 Å². The average molecular weight is 428 g/mol. The van der Waals surface area contributed by atoms with E-state index in [0.29, 0.717) is 22.3 Å². The first-order chi connectivity index (χ1) is 14.2. The van der Waals surface area contributed by atoms with E-state index in [2.05, 4.69) is 4.98 Å². The van der Waals surface area contributed by atoms with Crippen molar-refractivity contribution in [1.29, 1.82) is 0 Å². The number of hydrogen-bond acceptors (Lipinski definition) is 4. The van der Waals surface area contributed by atoms with Gasteiger partial charge in [-0.05, 0) is 17.7 Å². The number of ether oxygens (including phenoxy) is 1. The Morgan fingerprint density at radius 3 is 2.20 bits per heavy atom. The highest BCUT2D eigenvalue weighted by Crippen LogP contribution is 2.34. The number of aromatic nitrogens is 1. The lowest BCUT2D eigenvalue weighted by Gasteiger charge is -2.13. The molecule has 2 aromatic carbocycles. The first-order valence-corrected chi connectivity index (χ1v) is 9.73. The largest absolute Gasteiger partial charge is 0.414 e. The van der Waals surface area contributed by atoms with E-state index in [1.807, 2.05) is 0 Å². The number of carbonyl (C=O) groups is 3. The summed E-state index contributed by atoms with van der Waals surface area (Å²) >= 11 is 5.84. The third kappa shape index (κ3) is 4.02. The van der Waals surface area contributed by atoms with Crippen molar-refractivity contribution in [3.8, 4) is 5.75 Å². The number of alkyl halides is 1. The summed E-state index contributed by atoms with van der Waals surface area (Å²) in [7, 11) is 6.32. The molecule has 0 saturated heterocycles. The molecule has 0 radical (unpaired) electrons. The Balaban J connectivity index is 2.24. The van der Waals surface area contributed by atoms with Crippen molar-refractivity contribution in [3.05, 3.63) is 64.8 Å². The molecule has 30 heavy (non-hydrogen) atoms. The van der Waals surface area contributed by atoms with Gasteiger partial charge in [-0.25, -0.2) is 4.79 Å². The van der Waals surface area contributed by atoms with Gasteiger partial charge in [0, 0.05) is 39.6 Å². The van der Waals surface area contributed by atoms with Gasteiger partial charge in [-0.3, -0.25) is 9.59 Å². The lowest BCUT2D eigenvalue weighted by Crippen LogP contribution is -2.25. The molecular formula is C22H22ClN3O4. The third-order valence-corrected chi connectivity index (χ3v) is 4.87. The van der Waals surface area contributed by atoms with E-state index < -0.39 is 6.09 Å². The minimum Gasteiger partial charge on any atom is -0.409 e. The molecule has 0 unspecified atom stereocenters. The van der Waals surface area contributed by atoms with E-state index in [4.69, 9.17) is 16.3 Å². The Hall–Kier alpha value is -3.32. The van der Waals surface area contributed by atoms with E-state index in [-0.39, 0.29) is 28.7 Å². The first kappa shape index (κ1) is 21.4. The molecular weight excluding hydrogens is 406 g/mol. The van der Waals surface area contributed by atoms with Gasteiger partial charge in [0.2, 0.25) is 0 Å². The minimum absolute atomic E-state index is 0.134. The monoisotopic (exact) mass is 427 g/mol. The predicted molar refractivity (Wildman–Crippen MR) is 115 cm³/mol. The number of hydrogen-bond donors (Lipinski definition) is 1. The van der Waals surface area contributed by atoms with E-state index in [0.717, 1.165) is 5.56 Å². The van der Waals surface area contributed by atoms with Crippen molar-refractivity contribution in [1.82, 2.24) is 14.8 Å². The van der Waals surface area contributed by atoms with Gasteiger partial charge in [-0.15, -0.1) is 11.6 Å². The maximum atomic E-state index is 13.5. The highest BCUT2D eigenvalue weighted by atomic mass is 35.5. The molecule has 0 saturated carbocycles. The van der Waals surface area contributed by atoms with Gasteiger partial charge in [-0.1, -0.05) is 30.3 Å². The summed E-state index contributed by atoms with van der Waals surface area (Å²) in [5.74, 6) is -0.199. The Labute approximate surface area is 179 Å². The topological polar surface area (TPSA) is 82.7 Å². The number of aromatic amines is 1. The van der Waals surface area contributed by atoms with Crippen molar-refractivity contribution in [2.24, 2.45) is 0 Å². The molecule has 1 N–H and O–H groups in total. The van der Waals surface area contributed by atoms with Crippen molar-refractivity contribution in [2.45, 2.75) is 5.88 Å². The summed E-state index contributed by atoms with van der Waals surface area (Å²) in [4.78, 5) is 44.1. The van der Waals surface area contributed by atoms with Gasteiger partial charge in [0.25, 0.3) is 5.91 Å². The van der Waals surface area contributed by atoms with Crippen LogP contribution in [0.2, 0.25) is 0 Å². The smallest absolute Gasteiger partial charge is 0.409 e. The van der Waals surface area contributed by atoms with Gasteiger partial charge < -0.3 is 19.5 Å². The van der Waals surface area contributed by atoms with Crippen molar-refractivity contribution in [3.63, 3.8) is 0 Å². The van der Waals surface area contributed by atoms with E-state index in [9.17, 15) is 14.4 Å². The molecule has 0 aliphatic carbocycles. The molecule has 0 bridgehead atoms. The molecule has 3 rings (SSSR count). The molecule has 3 aromatic rings. The first-order valence-electron chi connectivity index (χ1n) is 9.19. The molecule has 0 spiro atoms. The highest BCUT2D eigenvalue weighted by Gasteiger charge is 2.28. The zero-order valence-electron chi connectivity index (χ0n) is 17.2. The second kappa shape index (κ2) is 8.59. The number of fused-ring (bicyclic) bond motifs is 1. The molecule has 0 aliphatic rings. The van der Waals surface area contributed by atoms with Crippen molar-refractivity contribution < 1.29 is 19.1 Å².